The van der Waals surface area contributed by atoms with E-state index in [2.05, 4.69) is 13.8 Å². The molecule has 0 heterocycles. The van der Waals surface area contributed by atoms with E-state index >= 15 is 0 Å². The van der Waals surface area contributed by atoms with Gasteiger partial charge in [0.1, 0.15) is 6.61 Å². The minimum Gasteiger partial charge on any atom is -0.463 e. The zero-order valence-corrected chi connectivity index (χ0v) is 29.9. The van der Waals surface area contributed by atoms with Crippen LogP contribution in [0.4, 0.5) is 0 Å². The molecule has 0 rings (SSSR count). The van der Waals surface area contributed by atoms with Crippen LogP contribution in [0.2, 0.25) is 0 Å². The number of hydrogen-bond donors (Lipinski definition) is 0. The molecule has 0 radical (unpaired) electrons. The largest absolute Gasteiger partial charge is 0.463 e. The molecule has 10 heteroatoms. The lowest BCUT2D eigenvalue weighted by molar-refractivity contribution is -0.145. The Kier molecular flexibility index (Phi) is 41.4. The van der Waals surface area contributed by atoms with Crippen LogP contribution in [0.5, 0.6) is 0 Å². The van der Waals surface area contributed by atoms with E-state index in [0.29, 0.717) is 112 Å². The minimum atomic E-state index is -0.140. The van der Waals surface area contributed by atoms with Crippen molar-refractivity contribution in [2.45, 2.75) is 117 Å². The van der Waals surface area contributed by atoms with Gasteiger partial charge in [0.15, 0.2) is 0 Å². The molecule has 0 aromatic carbocycles. The lowest BCUT2D eigenvalue weighted by atomic mass is 10.1. The second-order valence-corrected chi connectivity index (χ2v) is 11.5. The highest BCUT2D eigenvalue weighted by atomic mass is 16.6. The Morgan fingerprint density at radius 3 is 0.913 bits per heavy atom. The van der Waals surface area contributed by atoms with E-state index < -0.39 is 0 Å². The number of rotatable bonds is 41. The van der Waals surface area contributed by atoms with Crippen LogP contribution in [0.25, 0.3) is 0 Å². The first-order chi connectivity index (χ1) is 22.8. The van der Waals surface area contributed by atoms with Gasteiger partial charge in [0.25, 0.3) is 0 Å². The molecule has 0 bridgehead atoms. The van der Waals surface area contributed by atoms with Crippen LogP contribution in [0.3, 0.4) is 0 Å². The van der Waals surface area contributed by atoms with Crippen molar-refractivity contribution in [2.75, 3.05) is 112 Å². The number of carbonyl (C=O) groups is 1. The summed E-state index contributed by atoms with van der Waals surface area (Å²) in [7, 11) is 0. The molecule has 0 fully saturated rings. The van der Waals surface area contributed by atoms with Crippen LogP contribution >= 0.6 is 0 Å². The second-order valence-electron chi connectivity index (χ2n) is 11.5. The third-order valence-corrected chi connectivity index (χ3v) is 7.22. The molecule has 0 saturated carbocycles. The Hall–Kier alpha value is -0.850. The van der Waals surface area contributed by atoms with E-state index in [1.165, 1.54) is 77.0 Å². The summed E-state index contributed by atoms with van der Waals surface area (Å²) in [5.41, 5.74) is 0. The van der Waals surface area contributed by atoms with Gasteiger partial charge < -0.3 is 42.6 Å². The molecule has 0 saturated heterocycles. The molecule has 276 valence electrons. The van der Waals surface area contributed by atoms with Gasteiger partial charge in [-0.1, -0.05) is 97.3 Å². The van der Waals surface area contributed by atoms with Gasteiger partial charge in [-0.25, -0.2) is 0 Å². The van der Waals surface area contributed by atoms with Crippen molar-refractivity contribution in [3.05, 3.63) is 0 Å². The maximum absolute atomic E-state index is 11.6. The predicted molar refractivity (Wildman–Crippen MR) is 183 cm³/mol. The molecule has 0 spiro atoms. The molecule has 0 N–H and O–H groups in total. The zero-order chi connectivity index (χ0) is 33.3. The zero-order valence-electron chi connectivity index (χ0n) is 29.9. The van der Waals surface area contributed by atoms with E-state index in [9.17, 15) is 4.79 Å². The molecular formula is C36H72O10. The van der Waals surface area contributed by atoms with Gasteiger partial charge >= 0.3 is 5.97 Å². The normalized spacial score (nSPS) is 11.4. The van der Waals surface area contributed by atoms with E-state index in [0.717, 1.165) is 25.9 Å². The summed E-state index contributed by atoms with van der Waals surface area (Å²) < 4.78 is 49.2. The molecular weight excluding hydrogens is 592 g/mol. The lowest BCUT2D eigenvalue weighted by Crippen LogP contribution is -2.15. The van der Waals surface area contributed by atoms with Crippen LogP contribution < -0.4 is 0 Å². The van der Waals surface area contributed by atoms with E-state index in [4.69, 9.17) is 42.6 Å². The first-order valence-electron chi connectivity index (χ1n) is 18.6. The average Bonchev–Trinajstić information content (AvgIpc) is 3.06. The summed E-state index contributed by atoms with van der Waals surface area (Å²) in [4.78, 5) is 11.6. The Balaban J connectivity index is 3.08. The number of esters is 1. The lowest BCUT2D eigenvalue weighted by Gasteiger charge is -2.09. The fourth-order valence-electron chi connectivity index (χ4n) is 4.49. The Labute approximate surface area is 282 Å². The summed E-state index contributed by atoms with van der Waals surface area (Å²) >= 11 is 0. The summed E-state index contributed by atoms with van der Waals surface area (Å²) in [6.45, 7) is 13.4. The van der Waals surface area contributed by atoms with Gasteiger partial charge in [-0.05, 0) is 12.8 Å². The summed E-state index contributed by atoms with van der Waals surface area (Å²) in [6.07, 6.45) is 19.5. The Morgan fingerprint density at radius 2 is 0.565 bits per heavy atom. The van der Waals surface area contributed by atoms with Crippen LogP contribution in [-0.2, 0) is 47.4 Å². The van der Waals surface area contributed by atoms with Crippen molar-refractivity contribution >= 4 is 5.97 Å². The van der Waals surface area contributed by atoms with Crippen molar-refractivity contribution in [3.63, 3.8) is 0 Å². The molecule has 0 atom stereocenters. The number of carbonyl (C=O) groups excluding carboxylic acids is 1. The SMILES string of the molecule is CCCCCCCCCCCCOCCOCCOCCOCCOCCOCCOCCOCCOC(=O)CCCCCCC. The third-order valence-electron chi connectivity index (χ3n) is 7.22. The number of hydrogen-bond acceptors (Lipinski definition) is 10. The van der Waals surface area contributed by atoms with E-state index in [1.54, 1.807) is 0 Å². The monoisotopic (exact) mass is 665 g/mol. The van der Waals surface area contributed by atoms with Crippen LogP contribution in [-0.4, -0.2) is 118 Å². The van der Waals surface area contributed by atoms with Gasteiger partial charge in [-0.3, -0.25) is 4.79 Å². The van der Waals surface area contributed by atoms with Crippen molar-refractivity contribution in [1.29, 1.82) is 0 Å². The van der Waals surface area contributed by atoms with Gasteiger partial charge in [-0.2, -0.15) is 0 Å². The molecule has 0 aromatic rings. The summed E-state index contributed by atoms with van der Waals surface area (Å²) in [5.74, 6) is -0.140. The molecule has 0 aliphatic heterocycles. The highest BCUT2D eigenvalue weighted by Crippen LogP contribution is 2.10. The highest BCUT2D eigenvalue weighted by Gasteiger charge is 2.02. The third kappa shape index (κ3) is 41.2. The van der Waals surface area contributed by atoms with Crippen molar-refractivity contribution in [3.8, 4) is 0 Å². The summed E-state index contributed by atoms with van der Waals surface area (Å²) in [5, 5.41) is 0. The van der Waals surface area contributed by atoms with Gasteiger partial charge in [0.05, 0.1) is 99.1 Å². The maximum atomic E-state index is 11.6. The van der Waals surface area contributed by atoms with Gasteiger partial charge in [0.2, 0.25) is 0 Å². The van der Waals surface area contributed by atoms with E-state index in [1.807, 2.05) is 0 Å². The first-order valence-corrected chi connectivity index (χ1v) is 18.6. The van der Waals surface area contributed by atoms with Gasteiger partial charge in [0, 0.05) is 13.0 Å². The van der Waals surface area contributed by atoms with E-state index in [-0.39, 0.29) is 5.97 Å². The topological polar surface area (TPSA) is 100 Å². The molecule has 0 aliphatic carbocycles. The smallest absolute Gasteiger partial charge is 0.305 e. The average molecular weight is 665 g/mol. The fraction of sp³-hybridized carbons (Fsp3) is 0.972. The van der Waals surface area contributed by atoms with Crippen molar-refractivity contribution in [1.82, 2.24) is 0 Å². The Bertz CT molecular complexity index is 567. The molecule has 46 heavy (non-hydrogen) atoms. The number of unbranched alkanes of at least 4 members (excludes halogenated alkanes) is 13. The second kappa shape index (κ2) is 42.2. The van der Waals surface area contributed by atoms with Crippen LogP contribution in [0.1, 0.15) is 117 Å². The van der Waals surface area contributed by atoms with Crippen LogP contribution in [0.15, 0.2) is 0 Å². The summed E-state index contributed by atoms with van der Waals surface area (Å²) in [6, 6.07) is 0. The highest BCUT2D eigenvalue weighted by molar-refractivity contribution is 5.69. The van der Waals surface area contributed by atoms with Gasteiger partial charge in [-0.15, -0.1) is 0 Å². The number of ether oxygens (including phenoxy) is 9. The first kappa shape index (κ1) is 45.2. The minimum absolute atomic E-state index is 0.140. The maximum Gasteiger partial charge on any atom is 0.305 e. The molecule has 10 nitrogen and oxygen atoms in total. The van der Waals surface area contributed by atoms with Crippen molar-refractivity contribution < 1.29 is 47.4 Å². The molecule has 0 unspecified atom stereocenters. The molecule has 0 aromatic heterocycles. The quantitative estimate of drug-likeness (QED) is 0.0505. The standard InChI is InChI=1S/C36H72O10/c1-3-5-7-9-10-11-12-13-15-17-19-38-20-21-39-22-23-40-24-25-41-26-27-42-28-29-43-30-31-44-32-33-45-34-35-46-36(37)18-16-14-8-6-4-2/h3-35H2,1-2H3. The van der Waals surface area contributed by atoms with Crippen LogP contribution in [0, 0.1) is 0 Å². The Morgan fingerprint density at radius 1 is 0.304 bits per heavy atom. The molecule has 0 amide bonds. The molecule has 0 aliphatic rings. The predicted octanol–water partition coefficient (Wildman–Crippen LogP) is 6.94. The fourth-order valence-corrected chi connectivity index (χ4v) is 4.49. The van der Waals surface area contributed by atoms with Crippen molar-refractivity contribution in [2.24, 2.45) is 0 Å².